The molecule has 1 aliphatic rings. The van der Waals surface area contributed by atoms with Gasteiger partial charge in [0.15, 0.2) is 0 Å². The number of para-hydroxylation sites is 1. The first kappa shape index (κ1) is 10.5. The van der Waals surface area contributed by atoms with Crippen LogP contribution in [0, 0.1) is 5.92 Å². The van der Waals surface area contributed by atoms with E-state index in [1.807, 2.05) is 0 Å². The Kier molecular flexibility index (Phi) is 3.27. The first-order chi connectivity index (χ1) is 7.35. The van der Waals surface area contributed by atoms with Gasteiger partial charge >= 0.3 is 0 Å². The molecule has 1 heterocycles. The smallest absolute Gasteiger partial charge is 0.0476 e. The van der Waals surface area contributed by atoms with Crippen molar-refractivity contribution in [3.05, 3.63) is 29.8 Å². The molecule has 15 heavy (non-hydrogen) atoms. The Labute approximate surface area is 91.5 Å². The van der Waals surface area contributed by atoms with Gasteiger partial charge in [-0.25, -0.2) is 0 Å². The zero-order valence-electron chi connectivity index (χ0n) is 9.32. The van der Waals surface area contributed by atoms with E-state index in [0.29, 0.717) is 12.5 Å². The third-order valence-corrected chi connectivity index (χ3v) is 3.30. The van der Waals surface area contributed by atoms with E-state index in [1.54, 1.807) is 0 Å². The number of rotatable bonds is 4. The number of aliphatic hydroxyl groups excluding tert-OH is 1. The Bertz CT molecular complexity index is 320. The van der Waals surface area contributed by atoms with Crippen molar-refractivity contribution >= 4 is 5.69 Å². The average Bonchev–Trinajstić information content (AvgIpc) is 2.69. The number of hydrogen-bond donors (Lipinski definition) is 1. The SMILES string of the molecule is CCC(CO)CN1CCc2ccccc21. The van der Waals surface area contributed by atoms with Crippen molar-refractivity contribution in [1.82, 2.24) is 0 Å². The van der Waals surface area contributed by atoms with E-state index in [0.717, 1.165) is 25.9 Å². The molecule has 0 saturated heterocycles. The first-order valence-corrected chi connectivity index (χ1v) is 5.79. The number of aliphatic hydroxyl groups is 1. The maximum atomic E-state index is 9.21. The summed E-state index contributed by atoms with van der Waals surface area (Å²) in [5.74, 6) is 0.413. The molecule has 1 unspecified atom stereocenters. The van der Waals surface area contributed by atoms with Crippen LogP contribution in [0.2, 0.25) is 0 Å². The van der Waals surface area contributed by atoms with E-state index in [-0.39, 0.29) is 0 Å². The van der Waals surface area contributed by atoms with Crippen molar-refractivity contribution in [2.75, 3.05) is 24.6 Å². The monoisotopic (exact) mass is 205 g/mol. The highest BCUT2D eigenvalue weighted by Gasteiger charge is 2.20. The van der Waals surface area contributed by atoms with Crippen LogP contribution in [-0.4, -0.2) is 24.8 Å². The predicted molar refractivity (Wildman–Crippen MR) is 63.2 cm³/mol. The quantitative estimate of drug-likeness (QED) is 0.813. The van der Waals surface area contributed by atoms with Crippen LogP contribution in [0.3, 0.4) is 0 Å². The molecule has 1 N–H and O–H groups in total. The predicted octanol–water partition coefficient (Wildman–Crippen LogP) is 2.07. The lowest BCUT2D eigenvalue weighted by atomic mass is 10.1. The number of nitrogens with zero attached hydrogens (tertiary/aromatic N) is 1. The van der Waals surface area contributed by atoms with E-state index in [2.05, 4.69) is 36.1 Å². The molecule has 1 aliphatic heterocycles. The van der Waals surface area contributed by atoms with E-state index in [1.165, 1.54) is 11.3 Å². The van der Waals surface area contributed by atoms with Gasteiger partial charge in [-0.1, -0.05) is 25.1 Å². The molecule has 1 atom stereocenters. The molecule has 2 heteroatoms. The highest BCUT2D eigenvalue weighted by atomic mass is 16.3. The molecule has 0 aromatic heterocycles. The van der Waals surface area contributed by atoms with E-state index in [9.17, 15) is 5.11 Å². The number of fused-ring (bicyclic) bond motifs is 1. The molecule has 0 amide bonds. The van der Waals surface area contributed by atoms with Crippen LogP contribution in [0.1, 0.15) is 18.9 Å². The number of anilines is 1. The Balaban J connectivity index is 2.07. The second-order valence-electron chi connectivity index (χ2n) is 4.28. The van der Waals surface area contributed by atoms with Crippen molar-refractivity contribution in [2.45, 2.75) is 19.8 Å². The summed E-state index contributed by atoms with van der Waals surface area (Å²) in [6.45, 7) is 4.54. The molecule has 2 rings (SSSR count). The molecule has 2 nitrogen and oxygen atoms in total. The summed E-state index contributed by atoms with van der Waals surface area (Å²) < 4.78 is 0. The van der Waals surface area contributed by atoms with Crippen molar-refractivity contribution < 1.29 is 5.11 Å². The molecular weight excluding hydrogens is 186 g/mol. The van der Waals surface area contributed by atoms with Crippen LogP contribution in [0.5, 0.6) is 0 Å². The minimum absolute atomic E-state index is 0.301. The average molecular weight is 205 g/mol. The van der Waals surface area contributed by atoms with E-state index < -0.39 is 0 Å². The molecule has 0 saturated carbocycles. The van der Waals surface area contributed by atoms with E-state index >= 15 is 0 Å². The van der Waals surface area contributed by atoms with Crippen LogP contribution in [-0.2, 0) is 6.42 Å². The molecule has 82 valence electrons. The van der Waals surface area contributed by atoms with Gasteiger partial charge in [0.1, 0.15) is 0 Å². The molecule has 0 fully saturated rings. The van der Waals surface area contributed by atoms with Crippen LogP contribution < -0.4 is 4.90 Å². The van der Waals surface area contributed by atoms with Gasteiger partial charge in [-0.15, -0.1) is 0 Å². The van der Waals surface area contributed by atoms with Gasteiger partial charge < -0.3 is 10.0 Å². The third-order valence-electron chi connectivity index (χ3n) is 3.30. The van der Waals surface area contributed by atoms with Gasteiger partial charge in [-0.05, 0) is 30.4 Å². The zero-order chi connectivity index (χ0) is 10.7. The highest BCUT2D eigenvalue weighted by Crippen LogP contribution is 2.28. The summed E-state index contributed by atoms with van der Waals surface area (Å²) in [6, 6.07) is 8.59. The van der Waals surface area contributed by atoms with Crippen LogP contribution in [0.4, 0.5) is 5.69 Å². The summed E-state index contributed by atoms with van der Waals surface area (Å²) >= 11 is 0. The summed E-state index contributed by atoms with van der Waals surface area (Å²) in [5.41, 5.74) is 2.81. The maximum absolute atomic E-state index is 9.21. The molecule has 1 aromatic rings. The van der Waals surface area contributed by atoms with E-state index in [4.69, 9.17) is 0 Å². The zero-order valence-corrected chi connectivity index (χ0v) is 9.32. The summed E-state index contributed by atoms with van der Waals surface area (Å²) in [5, 5.41) is 9.21. The van der Waals surface area contributed by atoms with Crippen LogP contribution in [0.25, 0.3) is 0 Å². The Morgan fingerprint density at radius 1 is 1.40 bits per heavy atom. The topological polar surface area (TPSA) is 23.5 Å². The van der Waals surface area contributed by atoms with Crippen LogP contribution >= 0.6 is 0 Å². The lowest BCUT2D eigenvalue weighted by molar-refractivity contribution is 0.225. The molecule has 0 bridgehead atoms. The van der Waals surface area contributed by atoms with Gasteiger partial charge in [-0.2, -0.15) is 0 Å². The molecule has 0 spiro atoms. The van der Waals surface area contributed by atoms with Gasteiger partial charge in [0.2, 0.25) is 0 Å². The largest absolute Gasteiger partial charge is 0.396 e. The first-order valence-electron chi connectivity index (χ1n) is 5.79. The number of hydrogen-bond acceptors (Lipinski definition) is 2. The second kappa shape index (κ2) is 4.67. The molecule has 1 aromatic carbocycles. The van der Waals surface area contributed by atoms with Gasteiger partial charge in [0.05, 0.1) is 0 Å². The van der Waals surface area contributed by atoms with Crippen molar-refractivity contribution in [1.29, 1.82) is 0 Å². The normalized spacial score (nSPS) is 16.5. The molecule has 0 aliphatic carbocycles. The van der Waals surface area contributed by atoms with Gasteiger partial charge in [0.25, 0.3) is 0 Å². The fraction of sp³-hybridized carbons (Fsp3) is 0.538. The Morgan fingerprint density at radius 3 is 2.93 bits per heavy atom. The standard InChI is InChI=1S/C13H19NO/c1-2-11(10-15)9-14-8-7-12-5-3-4-6-13(12)14/h3-6,11,15H,2,7-10H2,1H3. The lowest BCUT2D eigenvalue weighted by Crippen LogP contribution is -2.29. The molecular formula is C13H19NO. The summed E-state index contributed by atoms with van der Waals surface area (Å²) in [4.78, 5) is 2.40. The fourth-order valence-corrected chi connectivity index (χ4v) is 2.22. The number of benzene rings is 1. The highest BCUT2D eigenvalue weighted by molar-refractivity contribution is 5.57. The minimum Gasteiger partial charge on any atom is -0.396 e. The van der Waals surface area contributed by atoms with Crippen molar-refractivity contribution in [3.8, 4) is 0 Å². The van der Waals surface area contributed by atoms with Crippen molar-refractivity contribution in [3.63, 3.8) is 0 Å². The van der Waals surface area contributed by atoms with Crippen molar-refractivity contribution in [2.24, 2.45) is 5.92 Å². The summed E-state index contributed by atoms with van der Waals surface area (Å²) in [7, 11) is 0. The fourth-order valence-electron chi connectivity index (χ4n) is 2.22. The summed E-state index contributed by atoms with van der Waals surface area (Å²) in [6.07, 6.45) is 2.20. The second-order valence-corrected chi connectivity index (χ2v) is 4.28. The minimum atomic E-state index is 0.301. The Hall–Kier alpha value is -1.02. The third kappa shape index (κ3) is 2.15. The van der Waals surface area contributed by atoms with Gasteiger partial charge in [-0.3, -0.25) is 0 Å². The molecule has 0 radical (unpaired) electrons. The maximum Gasteiger partial charge on any atom is 0.0476 e. The Morgan fingerprint density at radius 2 is 2.20 bits per heavy atom. The van der Waals surface area contributed by atoms with Crippen LogP contribution in [0.15, 0.2) is 24.3 Å². The lowest BCUT2D eigenvalue weighted by Gasteiger charge is -2.24. The van der Waals surface area contributed by atoms with Gasteiger partial charge in [0, 0.05) is 25.4 Å².